The Morgan fingerprint density at radius 3 is 2.33 bits per heavy atom. The topological polar surface area (TPSA) is 66.5 Å². The molecule has 0 aliphatic carbocycles. The summed E-state index contributed by atoms with van der Waals surface area (Å²) in [5, 5.41) is 0.675. The van der Waals surface area contributed by atoms with Crippen LogP contribution in [0, 0.1) is 0 Å². The van der Waals surface area contributed by atoms with Crippen LogP contribution < -0.4 is 4.72 Å². The highest BCUT2D eigenvalue weighted by Gasteiger charge is 2.20. The zero-order chi connectivity index (χ0) is 15.3. The van der Waals surface area contributed by atoms with Gasteiger partial charge in [0.1, 0.15) is 0 Å². The number of carbonyl (C=O) groups is 1. The number of halogens is 1. The Bertz CT molecular complexity index is 581. The second-order valence-corrected chi connectivity index (χ2v) is 7.37. The molecular weight excluding hydrogens is 356 g/mol. The molecule has 7 heteroatoms. The number of carbonyl (C=O) groups excluding carboxylic acids is 1. The van der Waals surface area contributed by atoms with Crippen LogP contribution in [0.4, 0.5) is 0 Å². The smallest absolute Gasteiger partial charge is 0.241 e. The maximum absolute atomic E-state index is 12.1. The molecule has 2 rings (SSSR count). The SMILES string of the molecule is O=C(CNS(=O)(=O)c1ccc(CBr)cc1)N1CCCCC1. The molecule has 1 aromatic rings. The van der Waals surface area contributed by atoms with Crippen molar-refractivity contribution in [3.05, 3.63) is 29.8 Å². The highest BCUT2D eigenvalue weighted by atomic mass is 79.9. The first-order valence-corrected chi connectivity index (χ1v) is 9.56. The number of alkyl halides is 1. The zero-order valence-corrected chi connectivity index (χ0v) is 14.1. The van der Waals surface area contributed by atoms with Gasteiger partial charge in [-0.25, -0.2) is 13.1 Å². The highest BCUT2D eigenvalue weighted by Crippen LogP contribution is 2.13. The summed E-state index contributed by atoms with van der Waals surface area (Å²) in [6, 6.07) is 6.58. The van der Waals surface area contributed by atoms with Gasteiger partial charge in [0.05, 0.1) is 11.4 Å². The second kappa shape index (κ2) is 7.38. The molecule has 21 heavy (non-hydrogen) atoms. The summed E-state index contributed by atoms with van der Waals surface area (Å²) >= 11 is 3.31. The number of amides is 1. The molecule has 5 nitrogen and oxygen atoms in total. The molecule has 0 saturated carbocycles. The predicted molar refractivity (Wildman–Crippen MR) is 84.7 cm³/mol. The van der Waals surface area contributed by atoms with Crippen LogP contribution in [0.15, 0.2) is 29.2 Å². The van der Waals surface area contributed by atoms with E-state index in [-0.39, 0.29) is 17.3 Å². The van der Waals surface area contributed by atoms with Gasteiger partial charge in [0.25, 0.3) is 0 Å². The molecule has 1 amide bonds. The lowest BCUT2D eigenvalue weighted by Crippen LogP contribution is -2.42. The van der Waals surface area contributed by atoms with E-state index in [0.717, 1.165) is 37.9 Å². The van der Waals surface area contributed by atoms with E-state index in [1.165, 1.54) is 0 Å². The molecule has 0 spiro atoms. The maximum atomic E-state index is 12.1. The van der Waals surface area contributed by atoms with E-state index in [2.05, 4.69) is 20.7 Å². The highest BCUT2D eigenvalue weighted by molar-refractivity contribution is 9.08. The molecule has 0 radical (unpaired) electrons. The largest absolute Gasteiger partial charge is 0.342 e. The van der Waals surface area contributed by atoms with Gasteiger partial charge in [-0.15, -0.1) is 0 Å². The molecule has 1 saturated heterocycles. The standard InChI is InChI=1S/C14H19BrN2O3S/c15-10-12-4-6-13(7-5-12)21(19,20)16-11-14(18)17-8-2-1-3-9-17/h4-7,16H,1-3,8-11H2. The average Bonchev–Trinajstić information content (AvgIpc) is 2.53. The fourth-order valence-corrected chi connectivity index (χ4v) is 3.60. The predicted octanol–water partition coefficient (Wildman–Crippen LogP) is 1.87. The van der Waals surface area contributed by atoms with E-state index >= 15 is 0 Å². The average molecular weight is 375 g/mol. The molecule has 0 unspecified atom stereocenters. The van der Waals surface area contributed by atoms with Crippen molar-refractivity contribution in [2.24, 2.45) is 0 Å². The third-order valence-electron chi connectivity index (χ3n) is 3.51. The van der Waals surface area contributed by atoms with Crippen molar-refractivity contribution in [1.29, 1.82) is 0 Å². The van der Waals surface area contributed by atoms with Gasteiger partial charge >= 0.3 is 0 Å². The third kappa shape index (κ3) is 4.52. The molecular formula is C14H19BrN2O3S. The quantitative estimate of drug-likeness (QED) is 0.800. The Kier molecular flexibility index (Phi) is 5.78. The van der Waals surface area contributed by atoms with Crippen LogP contribution in [0.3, 0.4) is 0 Å². The van der Waals surface area contributed by atoms with E-state index in [9.17, 15) is 13.2 Å². The molecule has 0 aromatic heterocycles. The van der Waals surface area contributed by atoms with E-state index in [4.69, 9.17) is 0 Å². The fraction of sp³-hybridized carbons (Fsp3) is 0.500. The lowest BCUT2D eigenvalue weighted by atomic mass is 10.1. The summed E-state index contributed by atoms with van der Waals surface area (Å²) in [6.45, 7) is 1.27. The molecule has 116 valence electrons. The summed E-state index contributed by atoms with van der Waals surface area (Å²) in [6.07, 6.45) is 3.12. The Hall–Kier alpha value is -0.920. The van der Waals surface area contributed by atoms with Crippen molar-refractivity contribution in [1.82, 2.24) is 9.62 Å². The van der Waals surface area contributed by atoms with Gasteiger partial charge in [-0.3, -0.25) is 4.79 Å². The lowest BCUT2D eigenvalue weighted by Gasteiger charge is -2.26. The van der Waals surface area contributed by atoms with Crippen molar-refractivity contribution in [3.8, 4) is 0 Å². The van der Waals surface area contributed by atoms with E-state index in [1.54, 1.807) is 29.2 Å². The van der Waals surface area contributed by atoms with Gasteiger partial charge in [-0.1, -0.05) is 28.1 Å². The molecule has 1 heterocycles. The van der Waals surface area contributed by atoms with Gasteiger partial charge in [-0.2, -0.15) is 0 Å². The Morgan fingerprint density at radius 2 is 1.76 bits per heavy atom. The maximum Gasteiger partial charge on any atom is 0.241 e. The van der Waals surface area contributed by atoms with Crippen LogP contribution in [0.2, 0.25) is 0 Å². The summed E-state index contributed by atoms with van der Waals surface area (Å²) in [5.41, 5.74) is 0.998. The molecule has 1 aromatic carbocycles. The van der Waals surface area contributed by atoms with Gasteiger partial charge in [0.15, 0.2) is 0 Å². The van der Waals surface area contributed by atoms with Gasteiger partial charge in [0, 0.05) is 18.4 Å². The summed E-state index contributed by atoms with van der Waals surface area (Å²) < 4.78 is 26.6. The monoisotopic (exact) mass is 374 g/mol. The molecule has 1 fully saturated rings. The number of nitrogens with one attached hydrogen (secondary N) is 1. The first-order valence-electron chi connectivity index (χ1n) is 6.95. The van der Waals surface area contributed by atoms with Crippen molar-refractivity contribution in [2.45, 2.75) is 29.5 Å². The minimum absolute atomic E-state index is 0.157. The van der Waals surface area contributed by atoms with Crippen LogP contribution >= 0.6 is 15.9 Å². The van der Waals surface area contributed by atoms with Crippen LogP contribution in [0.1, 0.15) is 24.8 Å². The zero-order valence-electron chi connectivity index (χ0n) is 11.7. The number of sulfonamides is 1. The summed E-state index contributed by atoms with van der Waals surface area (Å²) in [5.74, 6) is -0.157. The molecule has 0 bridgehead atoms. The minimum atomic E-state index is -3.63. The first-order chi connectivity index (χ1) is 10.0. The molecule has 1 aliphatic heterocycles. The normalized spacial score (nSPS) is 16.0. The molecule has 1 aliphatic rings. The number of rotatable bonds is 5. The molecule has 0 atom stereocenters. The second-order valence-electron chi connectivity index (χ2n) is 5.04. The van der Waals surface area contributed by atoms with Crippen molar-refractivity contribution < 1.29 is 13.2 Å². The Labute approximate surface area is 133 Å². The fourth-order valence-electron chi connectivity index (χ4n) is 2.25. The van der Waals surface area contributed by atoms with E-state index < -0.39 is 10.0 Å². The summed E-state index contributed by atoms with van der Waals surface area (Å²) in [4.78, 5) is 13.9. The van der Waals surface area contributed by atoms with E-state index in [0.29, 0.717) is 5.33 Å². The number of nitrogens with zero attached hydrogens (tertiary/aromatic N) is 1. The number of piperidine rings is 1. The van der Waals surface area contributed by atoms with Crippen LogP contribution in [0.5, 0.6) is 0 Å². The van der Waals surface area contributed by atoms with Crippen molar-refractivity contribution in [2.75, 3.05) is 19.6 Å². The van der Waals surface area contributed by atoms with Gasteiger partial charge < -0.3 is 4.90 Å². The third-order valence-corrected chi connectivity index (χ3v) is 5.57. The number of hydrogen-bond acceptors (Lipinski definition) is 3. The van der Waals surface area contributed by atoms with Gasteiger partial charge in [0.2, 0.25) is 15.9 Å². The Morgan fingerprint density at radius 1 is 1.14 bits per heavy atom. The van der Waals surface area contributed by atoms with Gasteiger partial charge in [-0.05, 0) is 37.0 Å². The van der Waals surface area contributed by atoms with Crippen molar-refractivity contribution >= 4 is 31.9 Å². The number of likely N-dealkylation sites (tertiary alicyclic amines) is 1. The number of benzene rings is 1. The number of hydrogen-bond donors (Lipinski definition) is 1. The van der Waals surface area contributed by atoms with E-state index in [1.807, 2.05) is 0 Å². The minimum Gasteiger partial charge on any atom is -0.342 e. The lowest BCUT2D eigenvalue weighted by molar-refractivity contribution is -0.130. The Balaban J connectivity index is 1.95. The van der Waals surface area contributed by atoms with Crippen LogP contribution in [-0.2, 0) is 20.1 Å². The first kappa shape index (κ1) is 16.5. The summed E-state index contributed by atoms with van der Waals surface area (Å²) in [7, 11) is -3.63. The molecule has 1 N–H and O–H groups in total. The van der Waals surface area contributed by atoms with Crippen LogP contribution in [-0.4, -0.2) is 38.9 Å². The van der Waals surface area contributed by atoms with Crippen molar-refractivity contribution in [3.63, 3.8) is 0 Å². The van der Waals surface area contributed by atoms with Crippen LogP contribution in [0.25, 0.3) is 0 Å².